The van der Waals surface area contributed by atoms with Gasteiger partial charge in [0.25, 0.3) is 0 Å². The zero-order valence-corrected chi connectivity index (χ0v) is 7.66. The van der Waals surface area contributed by atoms with E-state index in [0.717, 1.165) is 0 Å². The quantitative estimate of drug-likeness (QED) is 0.477. The van der Waals surface area contributed by atoms with E-state index in [2.05, 4.69) is 11.3 Å². The van der Waals surface area contributed by atoms with E-state index >= 15 is 0 Å². The van der Waals surface area contributed by atoms with Gasteiger partial charge in [0.2, 0.25) is 0 Å². The fraction of sp³-hybridized carbons (Fsp3) is 0.273. The number of ether oxygens (including phenoxy) is 1. The number of Topliss-reactive ketones (excluding diaryl/α,β-unsaturated/α-hetero) is 1. The first kappa shape index (κ1) is 12.9. The molecule has 14 heavy (non-hydrogen) atoms. The molecule has 0 aliphatic heterocycles. The monoisotopic (exact) mass is 190 g/mol. The number of rotatable bonds is 5. The lowest BCUT2D eigenvalue weighted by Crippen LogP contribution is -2.28. The normalized spacial score (nSPS) is 10.9. The second kappa shape index (κ2) is 4.94. The van der Waals surface area contributed by atoms with Crippen LogP contribution in [0.3, 0.4) is 0 Å². The van der Waals surface area contributed by atoms with Gasteiger partial charge in [-0.15, -0.1) is 0 Å². The van der Waals surface area contributed by atoms with Crippen LogP contribution in [0.25, 0.3) is 0 Å². The minimum atomic E-state index is -1.78. The summed E-state index contributed by atoms with van der Waals surface area (Å²) in [6.45, 7) is 23.2. The molecule has 0 bridgehead atoms. The zero-order valence-electron chi connectivity index (χ0n) is 7.66. The Hall–Kier alpha value is -1.12. The molecule has 0 N–H and O–H groups in total. The smallest absolute Gasteiger partial charge is 0.313 e. The molecule has 0 heterocycles. The van der Waals surface area contributed by atoms with Crippen LogP contribution in [0.15, 0.2) is 12.2 Å². The first-order valence-electron chi connectivity index (χ1n) is 3.74. The van der Waals surface area contributed by atoms with Crippen LogP contribution in [0, 0.1) is 33.1 Å². The lowest BCUT2D eigenvalue weighted by atomic mass is 9.91. The van der Waals surface area contributed by atoms with E-state index in [4.69, 9.17) is 27.7 Å². The summed E-state index contributed by atoms with van der Waals surface area (Å²) < 4.78 is 4.46. The van der Waals surface area contributed by atoms with Crippen LogP contribution in [0.2, 0.25) is 0 Å². The van der Waals surface area contributed by atoms with E-state index in [1.165, 1.54) is 0 Å². The van der Waals surface area contributed by atoms with Crippen molar-refractivity contribution < 1.29 is 14.3 Å². The number of esters is 1. The van der Waals surface area contributed by atoms with Crippen molar-refractivity contribution in [1.82, 2.24) is 0 Å². The van der Waals surface area contributed by atoms with Crippen LogP contribution in [-0.4, -0.2) is 18.4 Å². The molecule has 0 aromatic carbocycles. The van der Waals surface area contributed by atoms with Gasteiger partial charge in [0.05, 0.1) is 5.41 Å². The maximum absolute atomic E-state index is 11.0. The second-order valence-corrected chi connectivity index (χ2v) is 2.77. The average Bonchev–Trinajstić information content (AvgIpc) is 2.13. The van der Waals surface area contributed by atoms with Gasteiger partial charge in [-0.25, -0.2) is 0 Å². The van der Waals surface area contributed by atoms with Crippen molar-refractivity contribution in [2.24, 2.45) is 5.41 Å². The molecule has 0 aromatic rings. The van der Waals surface area contributed by atoms with E-state index in [0.29, 0.717) is 0 Å². The molecular weight excluding hydrogens is 180 g/mol. The van der Waals surface area contributed by atoms with Crippen molar-refractivity contribution >= 4 is 11.8 Å². The highest BCUT2D eigenvalue weighted by Gasteiger charge is 2.28. The number of hydrogen-bond acceptors (Lipinski definition) is 3. The maximum Gasteiger partial charge on any atom is 0.313 e. The van der Waals surface area contributed by atoms with Gasteiger partial charge in [-0.05, 0) is 32.8 Å². The third kappa shape index (κ3) is 3.73. The van der Waals surface area contributed by atoms with E-state index in [1.54, 1.807) is 0 Å². The summed E-state index contributed by atoms with van der Waals surface area (Å²) in [5, 5.41) is 0. The highest BCUT2D eigenvalue weighted by molar-refractivity contribution is 5.97. The molecule has 3 heteroatoms. The van der Waals surface area contributed by atoms with Gasteiger partial charge < -0.3 is 4.74 Å². The SMILES string of the molecule is [CH]CC([CH])([CH])C(=O)OCC(=O)C([CH])=C. The fourth-order valence-electron chi connectivity index (χ4n) is 0.441. The summed E-state index contributed by atoms with van der Waals surface area (Å²) >= 11 is 0. The van der Waals surface area contributed by atoms with E-state index in [9.17, 15) is 9.59 Å². The van der Waals surface area contributed by atoms with Gasteiger partial charge >= 0.3 is 5.97 Å². The first-order chi connectivity index (χ1) is 6.31. The highest BCUT2D eigenvalue weighted by Crippen LogP contribution is 2.19. The molecule has 0 amide bonds. The lowest BCUT2D eigenvalue weighted by Gasteiger charge is -2.18. The molecule has 0 saturated heterocycles. The third-order valence-corrected chi connectivity index (χ3v) is 1.41. The van der Waals surface area contributed by atoms with E-state index in [-0.39, 0.29) is 12.0 Å². The molecule has 8 radical (unpaired) electrons. The first-order valence-corrected chi connectivity index (χ1v) is 3.74. The topological polar surface area (TPSA) is 43.4 Å². The van der Waals surface area contributed by atoms with Crippen LogP contribution in [-0.2, 0) is 14.3 Å². The molecule has 0 aliphatic carbocycles. The average molecular weight is 190 g/mol. The second-order valence-electron chi connectivity index (χ2n) is 2.77. The van der Waals surface area contributed by atoms with Crippen molar-refractivity contribution in [1.29, 1.82) is 0 Å². The zero-order chi connectivity index (χ0) is 11.4. The van der Waals surface area contributed by atoms with Crippen molar-refractivity contribution in [3.63, 3.8) is 0 Å². The third-order valence-electron chi connectivity index (χ3n) is 1.41. The fourth-order valence-corrected chi connectivity index (χ4v) is 0.441. The number of carbonyl (C=O) groups excluding carboxylic acids is 2. The number of hydrogen-bond donors (Lipinski definition) is 0. The molecule has 0 aromatic heterocycles. The van der Waals surface area contributed by atoms with Gasteiger partial charge in [0.1, 0.15) is 0 Å². The summed E-state index contributed by atoms with van der Waals surface area (Å²) in [7, 11) is 0. The summed E-state index contributed by atoms with van der Waals surface area (Å²) in [5.41, 5.74) is -1.99. The van der Waals surface area contributed by atoms with Gasteiger partial charge in [-0.1, -0.05) is 6.58 Å². The molecule has 72 valence electrons. The van der Waals surface area contributed by atoms with E-state index in [1.807, 2.05) is 0 Å². The molecule has 0 atom stereocenters. The summed E-state index contributed by atoms with van der Waals surface area (Å²) in [6.07, 6.45) is -0.288. The Labute approximate surface area is 85.1 Å². The molecular formula is C11H10O3. The Morgan fingerprint density at radius 3 is 2.21 bits per heavy atom. The van der Waals surface area contributed by atoms with Crippen LogP contribution >= 0.6 is 0 Å². The summed E-state index contributed by atoms with van der Waals surface area (Å²) in [4.78, 5) is 21.9. The number of carbonyl (C=O) groups is 2. The maximum atomic E-state index is 11.0. The van der Waals surface area contributed by atoms with Crippen molar-refractivity contribution in [2.45, 2.75) is 6.42 Å². The van der Waals surface area contributed by atoms with E-state index < -0.39 is 23.8 Å². The molecule has 0 unspecified atom stereocenters. The van der Waals surface area contributed by atoms with Crippen LogP contribution in [0.5, 0.6) is 0 Å². The largest absolute Gasteiger partial charge is 0.457 e. The van der Waals surface area contributed by atoms with Crippen molar-refractivity contribution in [2.75, 3.05) is 6.61 Å². The molecule has 0 spiro atoms. The molecule has 0 aliphatic rings. The minimum Gasteiger partial charge on any atom is -0.457 e. The summed E-state index contributed by atoms with van der Waals surface area (Å²) in [5.74, 6) is -1.57. The highest BCUT2D eigenvalue weighted by atomic mass is 16.5. The van der Waals surface area contributed by atoms with Crippen molar-refractivity contribution in [3.05, 3.63) is 39.8 Å². The van der Waals surface area contributed by atoms with Gasteiger partial charge in [0, 0.05) is 6.92 Å². The lowest BCUT2D eigenvalue weighted by molar-refractivity contribution is -0.153. The predicted octanol–water partition coefficient (Wildman–Crippen LogP) is 0.876. The molecule has 0 rings (SSSR count). The van der Waals surface area contributed by atoms with Gasteiger partial charge in [-0.2, -0.15) is 0 Å². The molecule has 3 nitrogen and oxygen atoms in total. The Morgan fingerprint density at radius 2 is 1.86 bits per heavy atom. The molecule has 0 saturated carbocycles. The van der Waals surface area contributed by atoms with Crippen LogP contribution in [0.1, 0.15) is 6.42 Å². The van der Waals surface area contributed by atoms with Crippen LogP contribution in [0.4, 0.5) is 0 Å². The predicted molar refractivity (Wildman–Crippen MR) is 49.4 cm³/mol. The van der Waals surface area contributed by atoms with Crippen LogP contribution < -0.4 is 0 Å². The standard InChI is InChI=1S/C11H10O3/c1-6-11(4,5)10(13)14-7-9(12)8(2)3/h1-2,4-5H,3,6-7H2. The summed E-state index contributed by atoms with van der Waals surface area (Å²) in [6, 6.07) is 0. The van der Waals surface area contributed by atoms with Gasteiger partial charge in [0.15, 0.2) is 12.4 Å². The minimum absolute atomic E-state index is 0.204. The van der Waals surface area contributed by atoms with Crippen molar-refractivity contribution in [3.8, 4) is 0 Å². The number of ketones is 1. The Kier molecular flexibility index (Phi) is 4.54. The Bertz CT molecular complexity index is 251. The Morgan fingerprint density at radius 1 is 1.36 bits per heavy atom. The van der Waals surface area contributed by atoms with Gasteiger partial charge in [-0.3, -0.25) is 9.59 Å². The molecule has 0 fully saturated rings. The Balaban J connectivity index is 4.10.